The number of nitrogens with one attached hydrogen (secondary N) is 2. The van der Waals surface area contributed by atoms with Gasteiger partial charge in [-0.1, -0.05) is 50.6 Å². The fourth-order valence-corrected chi connectivity index (χ4v) is 3.85. The van der Waals surface area contributed by atoms with Gasteiger partial charge in [0, 0.05) is 11.7 Å². The number of aromatic hydroxyl groups is 1. The number of benzene rings is 2. The molecule has 8 nitrogen and oxygen atoms in total. The average molecular weight is 508 g/mol. The number of para-hydroxylation sites is 1. The molecule has 0 heterocycles. The van der Waals surface area contributed by atoms with Gasteiger partial charge in [-0.15, -0.1) is 0 Å². The number of phenolic OH excluding ortho intramolecular Hbond substituents is 1. The Morgan fingerprint density at radius 3 is 2.11 bits per heavy atom. The molecule has 0 spiro atoms. The molecule has 0 radical (unpaired) electrons. The summed E-state index contributed by atoms with van der Waals surface area (Å²) in [5.41, 5.74) is 1.95. The lowest BCUT2D eigenvalue weighted by Gasteiger charge is -2.31. The van der Waals surface area contributed by atoms with Crippen molar-refractivity contribution in [3.63, 3.8) is 0 Å². The monoisotopic (exact) mass is 507 g/mol. The van der Waals surface area contributed by atoms with E-state index in [9.17, 15) is 19.5 Å². The highest BCUT2D eigenvalue weighted by atomic mass is 16.6. The fourth-order valence-electron chi connectivity index (χ4n) is 3.85. The third-order valence-corrected chi connectivity index (χ3v) is 5.52. The normalized spacial score (nSPS) is 12.7. The molecule has 8 heteroatoms. The number of hydrogen-bond acceptors (Lipinski definition) is 5. The number of alkyl carbamates (subject to hydrolysis) is 1. The lowest BCUT2D eigenvalue weighted by molar-refractivity contribution is -0.137. The molecule has 37 heavy (non-hydrogen) atoms. The van der Waals surface area contributed by atoms with Crippen molar-refractivity contribution in [1.82, 2.24) is 10.2 Å². The molecule has 0 aliphatic rings. The molecule has 2 aromatic carbocycles. The molecular weight excluding hydrogens is 470 g/mol. The molecule has 0 aromatic heterocycles. The molecular formula is C29H37N3O5. The minimum Gasteiger partial charge on any atom is -0.508 e. The third kappa shape index (κ3) is 8.28. The van der Waals surface area contributed by atoms with Crippen LogP contribution < -0.4 is 10.6 Å². The number of phenols is 1. The smallest absolute Gasteiger partial charge is 0.408 e. The second kappa shape index (κ2) is 12.3. The zero-order valence-corrected chi connectivity index (χ0v) is 22.6. The molecule has 0 aliphatic heterocycles. The van der Waals surface area contributed by atoms with E-state index >= 15 is 0 Å². The van der Waals surface area contributed by atoms with E-state index < -0.39 is 35.6 Å². The van der Waals surface area contributed by atoms with Gasteiger partial charge in [-0.3, -0.25) is 14.5 Å². The number of hydrogen-bond donors (Lipinski definition) is 3. The van der Waals surface area contributed by atoms with Crippen molar-refractivity contribution in [1.29, 1.82) is 0 Å². The first-order chi connectivity index (χ1) is 17.2. The van der Waals surface area contributed by atoms with Crippen LogP contribution in [0, 0.1) is 32.2 Å². The van der Waals surface area contributed by atoms with Crippen molar-refractivity contribution in [2.24, 2.45) is 5.92 Å². The first-order valence-electron chi connectivity index (χ1n) is 12.2. The minimum atomic E-state index is -1.23. The van der Waals surface area contributed by atoms with Gasteiger partial charge in [0.05, 0.1) is 0 Å². The number of carbonyl (C=O) groups is 3. The molecule has 3 N–H and O–H groups in total. The largest absolute Gasteiger partial charge is 0.508 e. The Bertz CT molecular complexity index is 1140. The van der Waals surface area contributed by atoms with E-state index in [-0.39, 0.29) is 18.1 Å². The summed E-state index contributed by atoms with van der Waals surface area (Å²) in [6, 6.07) is 11.6. The second-order valence-electron chi connectivity index (χ2n) is 10.4. The van der Waals surface area contributed by atoms with E-state index in [1.54, 1.807) is 20.8 Å². The topological polar surface area (TPSA) is 108 Å². The number of terminal acetylenes is 1. The second-order valence-corrected chi connectivity index (χ2v) is 10.4. The third-order valence-electron chi connectivity index (χ3n) is 5.52. The van der Waals surface area contributed by atoms with Crippen molar-refractivity contribution >= 4 is 23.6 Å². The van der Waals surface area contributed by atoms with Crippen LogP contribution in [0.1, 0.15) is 63.8 Å². The van der Waals surface area contributed by atoms with Gasteiger partial charge in [0.1, 0.15) is 23.4 Å². The maximum absolute atomic E-state index is 13.8. The highest BCUT2D eigenvalue weighted by Gasteiger charge is 2.36. The number of aryl methyl sites for hydroxylation is 2. The van der Waals surface area contributed by atoms with Gasteiger partial charge >= 0.3 is 6.09 Å². The van der Waals surface area contributed by atoms with Gasteiger partial charge in [0.15, 0.2) is 0 Å². The summed E-state index contributed by atoms with van der Waals surface area (Å²) in [6.45, 7) is 12.7. The molecule has 0 bridgehead atoms. The summed E-state index contributed by atoms with van der Waals surface area (Å²) in [6.07, 6.45) is 5.33. The van der Waals surface area contributed by atoms with Crippen molar-refractivity contribution in [2.75, 3.05) is 5.32 Å². The van der Waals surface area contributed by atoms with Gasteiger partial charge in [-0.05, 0) is 75.8 Å². The number of ether oxygens (including phenoxy) is 1. The average Bonchev–Trinajstić information content (AvgIpc) is 2.78. The number of nitrogens with zero attached hydrogens (tertiary/aromatic N) is 1. The maximum Gasteiger partial charge on any atom is 0.408 e. The van der Waals surface area contributed by atoms with Gasteiger partial charge < -0.3 is 20.5 Å². The Hall–Kier alpha value is -3.99. The highest BCUT2D eigenvalue weighted by molar-refractivity contribution is 6.00. The van der Waals surface area contributed by atoms with E-state index in [1.165, 1.54) is 24.3 Å². The Morgan fingerprint density at radius 1 is 1.05 bits per heavy atom. The number of carbonyl (C=O) groups excluding carboxylic acids is 3. The van der Waals surface area contributed by atoms with Crippen molar-refractivity contribution < 1.29 is 24.2 Å². The van der Waals surface area contributed by atoms with Crippen molar-refractivity contribution in [3.8, 4) is 18.2 Å². The Morgan fingerprint density at radius 2 is 1.62 bits per heavy atom. The van der Waals surface area contributed by atoms with Crippen molar-refractivity contribution in [3.05, 3.63) is 59.2 Å². The molecule has 0 fully saturated rings. The number of amides is 3. The lowest BCUT2D eigenvalue weighted by Crippen LogP contribution is -2.51. The molecule has 0 aliphatic carbocycles. The number of anilines is 1. The summed E-state index contributed by atoms with van der Waals surface area (Å²) in [5, 5.41) is 15.3. The predicted molar refractivity (Wildman–Crippen MR) is 144 cm³/mol. The summed E-state index contributed by atoms with van der Waals surface area (Å²) >= 11 is 0. The van der Waals surface area contributed by atoms with Crippen LogP contribution in [0.15, 0.2) is 42.5 Å². The predicted octanol–water partition coefficient (Wildman–Crippen LogP) is 5.05. The summed E-state index contributed by atoms with van der Waals surface area (Å²) in [5.74, 6) is -1.13. The molecule has 0 saturated carbocycles. The van der Waals surface area contributed by atoms with Gasteiger partial charge in [0.25, 0.3) is 11.8 Å². The van der Waals surface area contributed by atoms with Crippen LogP contribution in [0.2, 0.25) is 0 Å². The molecule has 2 atom stereocenters. The van der Waals surface area contributed by atoms with Crippen LogP contribution in [-0.2, 0) is 14.3 Å². The molecule has 2 unspecified atom stereocenters. The highest BCUT2D eigenvalue weighted by Crippen LogP contribution is 2.28. The zero-order chi connectivity index (χ0) is 27.9. The SMILES string of the molecule is C#CN(C(=O)C(CC(C)C)NC(=O)OC(C)(C)C)C(C(=O)Nc1c(C)cccc1C)c1ccc(O)cc1. The molecule has 0 saturated heterocycles. The first-order valence-corrected chi connectivity index (χ1v) is 12.2. The van der Waals surface area contributed by atoms with Gasteiger partial charge in [-0.25, -0.2) is 4.79 Å². The van der Waals surface area contributed by atoms with E-state index in [1.807, 2.05) is 45.9 Å². The molecule has 2 aromatic rings. The fraction of sp³-hybridized carbons (Fsp3) is 0.414. The zero-order valence-electron chi connectivity index (χ0n) is 22.6. The Kier molecular flexibility index (Phi) is 9.73. The molecule has 198 valence electrons. The summed E-state index contributed by atoms with van der Waals surface area (Å²) < 4.78 is 5.34. The van der Waals surface area contributed by atoms with Crippen molar-refractivity contribution in [2.45, 2.75) is 72.6 Å². The minimum absolute atomic E-state index is 0.000479. The molecule has 3 amide bonds. The Balaban J connectivity index is 2.49. The maximum atomic E-state index is 13.8. The van der Waals surface area contributed by atoms with Crippen LogP contribution in [0.4, 0.5) is 10.5 Å². The van der Waals surface area contributed by atoms with Crippen LogP contribution in [-0.4, -0.2) is 39.6 Å². The summed E-state index contributed by atoms with van der Waals surface area (Å²) in [4.78, 5) is 41.0. The van der Waals surface area contributed by atoms with Crippen LogP contribution >= 0.6 is 0 Å². The number of rotatable bonds is 8. The first kappa shape index (κ1) is 29.2. The van der Waals surface area contributed by atoms with Crippen LogP contribution in [0.25, 0.3) is 0 Å². The molecule has 2 rings (SSSR count). The summed E-state index contributed by atoms with van der Waals surface area (Å²) in [7, 11) is 0. The quantitative estimate of drug-likeness (QED) is 0.342. The van der Waals surface area contributed by atoms with E-state index in [2.05, 4.69) is 16.7 Å². The van der Waals surface area contributed by atoms with Crippen LogP contribution in [0.5, 0.6) is 5.75 Å². The lowest BCUT2D eigenvalue weighted by atomic mass is 9.99. The van der Waals surface area contributed by atoms with Gasteiger partial charge in [0.2, 0.25) is 0 Å². The standard InChI is InChI=1S/C29H37N3O5/c1-9-32(27(35)23(17-18(2)3)30-28(36)37-29(6,7)8)25(21-13-15-22(33)16-14-21)26(34)31-24-19(4)11-10-12-20(24)5/h1,10-16,18,23,25,33H,17H2,2-8H3,(H,30,36)(H,31,34). The van der Waals surface area contributed by atoms with Gasteiger partial charge in [-0.2, -0.15) is 0 Å². The Labute approximate surface area is 219 Å². The van der Waals surface area contributed by atoms with E-state index in [4.69, 9.17) is 11.2 Å². The van der Waals surface area contributed by atoms with Crippen LogP contribution in [0.3, 0.4) is 0 Å². The van der Waals surface area contributed by atoms with E-state index in [0.717, 1.165) is 16.0 Å². The van der Waals surface area contributed by atoms with E-state index in [0.29, 0.717) is 11.3 Å².